The number of anilines is 2. The predicted molar refractivity (Wildman–Crippen MR) is 91.4 cm³/mol. The summed E-state index contributed by atoms with van der Waals surface area (Å²) in [4.78, 5) is 39.4. The molecule has 1 saturated heterocycles. The molecule has 1 atom stereocenters. The van der Waals surface area contributed by atoms with E-state index in [1.165, 1.54) is 11.3 Å². The van der Waals surface area contributed by atoms with Crippen LogP contribution in [0, 0.1) is 0 Å². The number of hydrogen-bond acceptors (Lipinski definition) is 4. The highest BCUT2D eigenvalue weighted by Gasteiger charge is 2.38. The Kier molecular flexibility index (Phi) is 3.57. The van der Waals surface area contributed by atoms with Gasteiger partial charge >= 0.3 is 0 Å². The molecule has 0 spiro atoms. The van der Waals surface area contributed by atoms with Crippen LogP contribution in [0.2, 0.25) is 0 Å². The Morgan fingerprint density at radius 2 is 2.17 bits per heavy atom. The second kappa shape index (κ2) is 5.76. The second-order valence-corrected chi connectivity index (χ2v) is 6.79. The predicted octanol–water partition coefficient (Wildman–Crippen LogP) is 2.56. The lowest BCUT2D eigenvalue weighted by atomic mass is 10.1. The van der Waals surface area contributed by atoms with Gasteiger partial charge in [-0.15, -0.1) is 11.3 Å². The van der Waals surface area contributed by atoms with Crippen molar-refractivity contribution in [3.05, 3.63) is 46.2 Å². The number of rotatable bonds is 2. The molecule has 0 bridgehead atoms. The fraction of sp³-hybridized carbons (Fsp3) is 0.235. The van der Waals surface area contributed by atoms with Gasteiger partial charge in [0.2, 0.25) is 5.91 Å². The number of carbonyl (C=O) groups excluding carboxylic acids is 3. The van der Waals surface area contributed by atoms with Crippen LogP contribution in [0.1, 0.15) is 32.9 Å². The van der Waals surface area contributed by atoms with Crippen LogP contribution >= 0.6 is 11.3 Å². The maximum absolute atomic E-state index is 12.8. The minimum Gasteiger partial charge on any atom is -0.327 e. The third kappa shape index (κ3) is 2.46. The fourth-order valence-corrected chi connectivity index (χ4v) is 3.78. The molecule has 0 unspecified atom stereocenters. The molecule has 1 fully saturated rings. The van der Waals surface area contributed by atoms with Gasteiger partial charge in [0.15, 0.2) is 0 Å². The van der Waals surface area contributed by atoms with E-state index in [1.807, 2.05) is 11.4 Å². The van der Waals surface area contributed by atoms with Crippen LogP contribution in [0.5, 0.6) is 0 Å². The lowest BCUT2D eigenvalue weighted by Gasteiger charge is -2.20. The fourth-order valence-electron chi connectivity index (χ4n) is 3.16. The molecule has 24 heavy (non-hydrogen) atoms. The molecule has 4 rings (SSSR count). The molecule has 1 aromatic carbocycles. The Bertz CT molecular complexity index is 832. The highest BCUT2D eigenvalue weighted by molar-refractivity contribution is 7.12. The van der Waals surface area contributed by atoms with Gasteiger partial charge in [0.25, 0.3) is 11.8 Å². The molecular weight excluding hydrogens is 326 g/mol. The van der Waals surface area contributed by atoms with E-state index in [1.54, 1.807) is 29.2 Å². The molecule has 2 aliphatic heterocycles. The number of nitrogens with zero attached hydrogens (tertiary/aromatic N) is 1. The number of hydrogen-bond donors (Lipinski definition) is 2. The molecule has 0 radical (unpaired) electrons. The van der Waals surface area contributed by atoms with Crippen LogP contribution in [0.4, 0.5) is 11.4 Å². The Morgan fingerprint density at radius 1 is 1.29 bits per heavy atom. The summed E-state index contributed by atoms with van der Waals surface area (Å²) >= 11 is 1.35. The molecule has 2 N–H and O–H groups in total. The third-order valence-corrected chi connectivity index (χ3v) is 5.20. The zero-order chi connectivity index (χ0) is 16.7. The highest BCUT2D eigenvalue weighted by atomic mass is 32.1. The molecule has 0 saturated carbocycles. The summed E-state index contributed by atoms with van der Waals surface area (Å²) in [6.07, 6.45) is 1.52. The Morgan fingerprint density at radius 3 is 2.96 bits per heavy atom. The Labute approximate surface area is 142 Å². The average molecular weight is 341 g/mol. The van der Waals surface area contributed by atoms with Crippen molar-refractivity contribution in [1.82, 2.24) is 4.90 Å². The van der Waals surface area contributed by atoms with Crippen molar-refractivity contribution >= 4 is 40.4 Å². The maximum Gasteiger partial charge on any atom is 0.265 e. The van der Waals surface area contributed by atoms with Gasteiger partial charge in [0, 0.05) is 12.2 Å². The standard InChI is InChI=1S/C17H15N3O3S/c21-15-13-3-1-7-20(13)17(23)11-9-10(5-6-12(11)19-15)18-16(22)14-4-2-8-24-14/h2,4-6,8-9,13H,1,3,7H2,(H,18,22)(H,19,21)/t13-/m0/s1. The molecule has 2 aromatic rings. The van der Waals surface area contributed by atoms with E-state index in [0.29, 0.717) is 34.8 Å². The zero-order valence-electron chi connectivity index (χ0n) is 12.7. The third-order valence-electron chi connectivity index (χ3n) is 4.33. The minimum atomic E-state index is -0.394. The van der Waals surface area contributed by atoms with Gasteiger partial charge < -0.3 is 15.5 Å². The van der Waals surface area contributed by atoms with Crippen LogP contribution in [-0.2, 0) is 4.79 Å². The van der Waals surface area contributed by atoms with E-state index in [4.69, 9.17) is 0 Å². The molecule has 2 aliphatic rings. The zero-order valence-corrected chi connectivity index (χ0v) is 13.6. The smallest absolute Gasteiger partial charge is 0.265 e. The molecule has 122 valence electrons. The van der Waals surface area contributed by atoms with Crippen LogP contribution in [-0.4, -0.2) is 35.2 Å². The Balaban J connectivity index is 1.65. The van der Waals surface area contributed by atoms with Crippen LogP contribution in [0.15, 0.2) is 35.7 Å². The summed E-state index contributed by atoms with van der Waals surface area (Å²) in [6, 6.07) is 8.14. The largest absolute Gasteiger partial charge is 0.327 e. The molecule has 6 nitrogen and oxygen atoms in total. The van der Waals surface area contributed by atoms with Gasteiger partial charge in [-0.1, -0.05) is 6.07 Å². The van der Waals surface area contributed by atoms with Crippen LogP contribution < -0.4 is 10.6 Å². The van der Waals surface area contributed by atoms with Crippen molar-refractivity contribution in [1.29, 1.82) is 0 Å². The van der Waals surface area contributed by atoms with Crippen molar-refractivity contribution < 1.29 is 14.4 Å². The van der Waals surface area contributed by atoms with Crippen molar-refractivity contribution in [2.24, 2.45) is 0 Å². The average Bonchev–Trinajstić information content (AvgIpc) is 3.25. The number of carbonyl (C=O) groups is 3. The second-order valence-electron chi connectivity index (χ2n) is 5.84. The van der Waals surface area contributed by atoms with Gasteiger partial charge in [0.05, 0.1) is 16.1 Å². The molecule has 3 amide bonds. The first-order valence-corrected chi connectivity index (χ1v) is 8.62. The van der Waals surface area contributed by atoms with E-state index in [9.17, 15) is 14.4 Å². The maximum atomic E-state index is 12.8. The minimum absolute atomic E-state index is 0.144. The van der Waals surface area contributed by atoms with Gasteiger partial charge in [-0.3, -0.25) is 14.4 Å². The highest BCUT2D eigenvalue weighted by Crippen LogP contribution is 2.30. The number of nitrogens with one attached hydrogen (secondary N) is 2. The van der Waals surface area contributed by atoms with Gasteiger partial charge in [-0.05, 0) is 42.5 Å². The monoisotopic (exact) mass is 341 g/mol. The Hall–Kier alpha value is -2.67. The van der Waals surface area contributed by atoms with E-state index < -0.39 is 6.04 Å². The number of benzene rings is 1. The van der Waals surface area contributed by atoms with Crippen molar-refractivity contribution in [2.75, 3.05) is 17.2 Å². The van der Waals surface area contributed by atoms with E-state index in [0.717, 1.165) is 6.42 Å². The summed E-state index contributed by atoms with van der Waals surface area (Å²) in [6.45, 7) is 0.585. The first kappa shape index (κ1) is 14.9. The van der Waals surface area contributed by atoms with E-state index >= 15 is 0 Å². The molecule has 1 aromatic heterocycles. The first-order valence-electron chi connectivity index (χ1n) is 7.74. The summed E-state index contributed by atoms with van der Waals surface area (Å²) < 4.78 is 0. The number of fused-ring (bicyclic) bond motifs is 2. The van der Waals surface area contributed by atoms with Gasteiger partial charge in [-0.2, -0.15) is 0 Å². The van der Waals surface area contributed by atoms with E-state index in [-0.39, 0.29) is 17.7 Å². The number of thiophene rings is 1. The lowest BCUT2D eigenvalue weighted by Crippen LogP contribution is -2.40. The summed E-state index contributed by atoms with van der Waals surface area (Å²) in [5.74, 6) is -0.526. The van der Waals surface area contributed by atoms with Crippen LogP contribution in [0.25, 0.3) is 0 Å². The normalized spacial score (nSPS) is 19.3. The summed E-state index contributed by atoms with van der Waals surface area (Å²) in [5, 5.41) is 7.45. The molecule has 0 aliphatic carbocycles. The SMILES string of the molecule is O=C(Nc1ccc2c(c1)C(=O)N1CCC[C@H]1C(=O)N2)c1cccs1. The van der Waals surface area contributed by atoms with Gasteiger partial charge in [0.1, 0.15) is 6.04 Å². The van der Waals surface area contributed by atoms with Crippen LogP contribution in [0.3, 0.4) is 0 Å². The number of amides is 3. The summed E-state index contributed by atoms with van der Waals surface area (Å²) in [7, 11) is 0. The van der Waals surface area contributed by atoms with Crippen molar-refractivity contribution in [3.63, 3.8) is 0 Å². The first-order chi connectivity index (χ1) is 11.6. The topological polar surface area (TPSA) is 78.5 Å². The molecular formula is C17H15N3O3S. The summed E-state index contributed by atoms with van der Waals surface area (Å²) in [5.41, 5.74) is 1.44. The molecule has 7 heteroatoms. The lowest BCUT2D eigenvalue weighted by molar-refractivity contribution is -0.119. The van der Waals surface area contributed by atoms with Gasteiger partial charge in [-0.25, -0.2) is 0 Å². The molecule has 3 heterocycles. The van der Waals surface area contributed by atoms with Crippen molar-refractivity contribution in [2.45, 2.75) is 18.9 Å². The quantitative estimate of drug-likeness (QED) is 0.881. The van der Waals surface area contributed by atoms with Crippen molar-refractivity contribution in [3.8, 4) is 0 Å². The van der Waals surface area contributed by atoms with E-state index in [2.05, 4.69) is 10.6 Å².